The van der Waals surface area contributed by atoms with Crippen molar-refractivity contribution in [3.63, 3.8) is 0 Å². The molecule has 0 radical (unpaired) electrons. The van der Waals surface area contributed by atoms with Gasteiger partial charge in [0.1, 0.15) is 10.6 Å². The van der Waals surface area contributed by atoms with Gasteiger partial charge in [-0.3, -0.25) is 14.9 Å². The monoisotopic (exact) mass is 333 g/mol. The summed E-state index contributed by atoms with van der Waals surface area (Å²) in [7, 11) is 0. The van der Waals surface area contributed by atoms with E-state index in [0.29, 0.717) is 0 Å². The van der Waals surface area contributed by atoms with Crippen LogP contribution in [0.3, 0.4) is 0 Å². The minimum Gasteiger partial charge on any atom is -0.343 e. The molecule has 0 bridgehead atoms. The van der Waals surface area contributed by atoms with Gasteiger partial charge in [-0.15, -0.1) is 11.3 Å². The number of amides is 1. The van der Waals surface area contributed by atoms with E-state index in [0.717, 1.165) is 10.7 Å². The Labute approximate surface area is 138 Å². The first-order valence-corrected chi connectivity index (χ1v) is 8.08. The molecule has 1 amide bonds. The SMILES string of the molecule is C[C@@H](NC(=O)c1ccccc1[N+](=O)[O-])c1nc(C(C)(C)C)cs1. The molecule has 6 nitrogen and oxygen atoms in total. The van der Waals surface area contributed by atoms with Crippen molar-refractivity contribution in [2.45, 2.75) is 39.2 Å². The van der Waals surface area contributed by atoms with Crippen LogP contribution in [-0.2, 0) is 5.41 Å². The van der Waals surface area contributed by atoms with E-state index in [4.69, 9.17) is 0 Å². The Bertz CT molecular complexity index is 734. The lowest BCUT2D eigenvalue weighted by Gasteiger charge is -2.15. The van der Waals surface area contributed by atoms with Gasteiger partial charge in [-0.1, -0.05) is 32.9 Å². The Morgan fingerprint density at radius 2 is 2.00 bits per heavy atom. The van der Waals surface area contributed by atoms with Crippen LogP contribution in [0.15, 0.2) is 29.6 Å². The Hall–Kier alpha value is -2.28. The summed E-state index contributed by atoms with van der Waals surface area (Å²) in [6.07, 6.45) is 0. The minimum absolute atomic E-state index is 0.0527. The molecular formula is C16H19N3O3S. The predicted molar refractivity (Wildman–Crippen MR) is 89.8 cm³/mol. The molecule has 0 aliphatic heterocycles. The van der Waals surface area contributed by atoms with Gasteiger partial charge in [0.05, 0.1) is 16.7 Å². The molecule has 1 atom stereocenters. The highest BCUT2D eigenvalue weighted by molar-refractivity contribution is 7.09. The van der Waals surface area contributed by atoms with Gasteiger partial charge in [0.15, 0.2) is 0 Å². The molecule has 1 aromatic heterocycles. The number of para-hydroxylation sites is 1. The number of hydrogen-bond donors (Lipinski definition) is 1. The molecule has 7 heteroatoms. The first-order valence-electron chi connectivity index (χ1n) is 7.20. The maximum absolute atomic E-state index is 12.3. The molecule has 122 valence electrons. The van der Waals surface area contributed by atoms with E-state index in [1.54, 1.807) is 6.07 Å². The summed E-state index contributed by atoms with van der Waals surface area (Å²) >= 11 is 1.47. The fourth-order valence-corrected chi connectivity index (χ4v) is 3.04. The van der Waals surface area contributed by atoms with Gasteiger partial charge in [0.2, 0.25) is 0 Å². The van der Waals surface area contributed by atoms with Crippen molar-refractivity contribution < 1.29 is 9.72 Å². The number of rotatable bonds is 4. The predicted octanol–water partition coefficient (Wildman–Crippen LogP) is 3.84. The average molecular weight is 333 g/mol. The number of nitrogens with one attached hydrogen (secondary N) is 1. The van der Waals surface area contributed by atoms with Crippen molar-refractivity contribution in [1.82, 2.24) is 10.3 Å². The fourth-order valence-electron chi connectivity index (χ4n) is 1.99. The molecule has 0 spiro atoms. The third-order valence-corrected chi connectivity index (χ3v) is 4.38. The number of benzene rings is 1. The van der Waals surface area contributed by atoms with Crippen LogP contribution >= 0.6 is 11.3 Å². The van der Waals surface area contributed by atoms with Crippen LogP contribution in [0, 0.1) is 10.1 Å². The van der Waals surface area contributed by atoms with Gasteiger partial charge in [-0.2, -0.15) is 0 Å². The molecule has 0 aliphatic carbocycles. The van der Waals surface area contributed by atoms with Crippen LogP contribution in [-0.4, -0.2) is 15.8 Å². The van der Waals surface area contributed by atoms with E-state index >= 15 is 0 Å². The van der Waals surface area contributed by atoms with Gasteiger partial charge < -0.3 is 5.32 Å². The van der Waals surface area contributed by atoms with Crippen LogP contribution < -0.4 is 5.32 Å². The summed E-state index contributed by atoms with van der Waals surface area (Å²) in [6.45, 7) is 8.03. The number of nitrogens with zero attached hydrogens (tertiary/aromatic N) is 2. The molecule has 1 N–H and O–H groups in total. The highest BCUT2D eigenvalue weighted by Crippen LogP contribution is 2.27. The Balaban J connectivity index is 2.17. The summed E-state index contributed by atoms with van der Waals surface area (Å²) in [4.78, 5) is 27.3. The average Bonchev–Trinajstić information content (AvgIpc) is 2.97. The van der Waals surface area contributed by atoms with Gasteiger partial charge in [0, 0.05) is 16.9 Å². The Kier molecular flexibility index (Phi) is 4.79. The number of carbonyl (C=O) groups is 1. The van der Waals surface area contributed by atoms with Crippen LogP contribution in [0.2, 0.25) is 0 Å². The quantitative estimate of drug-likeness (QED) is 0.680. The van der Waals surface area contributed by atoms with E-state index in [1.165, 1.54) is 29.5 Å². The van der Waals surface area contributed by atoms with Crippen molar-refractivity contribution in [3.05, 3.63) is 56.0 Å². The van der Waals surface area contributed by atoms with Gasteiger partial charge in [0.25, 0.3) is 11.6 Å². The number of nitro benzene ring substituents is 1. The zero-order chi connectivity index (χ0) is 17.2. The van der Waals surface area contributed by atoms with Crippen LogP contribution in [0.25, 0.3) is 0 Å². The van der Waals surface area contributed by atoms with Crippen LogP contribution in [0.5, 0.6) is 0 Å². The van der Waals surface area contributed by atoms with Crippen LogP contribution in [0.1, 0.15) is 54.8 Å². The van der Waals surface area contributed by atoms with Crippen molar-refractivity contribution >= 4 is 22.9 Å². The highest BCUT2D eigenvalue weighted by Gasteiger charge is 2.23. The highest BCUT2D eigenvalue weighted by atomic mass is 32.1. The fraction of sp³-hybridized carbons (Fsp3) is 0.375. The topological polar surface area (TPSA) is 85.1 Å². The Morgan fingerprint density at radius 3 is 2.57 bits per heavy atom. The molecule has 0 fully saturated rings. The third kappa shape index (κ3) is 3.92. The first kappa shape index (κ1) is 17.1. The number of thiazole rings is 1. The second kappa shape index (κ2) is 6.45. The zero-order valence-corrected chi connectivity index (χ0v) is 14.3. The number of carbonyl (C=O) groups excluding carboxylic acids is 1. The normalized spacial score (nSPS) is 12.7. The molecule has 0 aliphatic rings. The third-order valence-electron chi connectivity index (χ3n) is 3.35. The van der Waals surface area contributed by atoms with E-state index in [-0.39, 0.29) is 22.7 Å². The zero-order valence-electron chi connectivity index (χ0n) is 13.5. The molecule has 2 rings (SSSR count). The summed E-state index contributed by atoms with van der Waals surface area (Å²) in [6, 6.07) is 5.59. The maximum atomic E-state index is 12.3. The molecule has 0 saturated heterocycles. The summed E-state index contributed by atoms with van der Waals surface area (Å²) in [5, 5.41) is 16.5. The van der Waals surface area contributed by atoms with E-state index < -0.39 is 10.8 Å². The molecular weight excluding hydrogens is 314 g/mol. The summed E-state index contributed by atoms with van der Waals surface area (Å²) < 4.78 is 0. The second-order valence-corrected chi connectivity index (χ2v) is 7.18. The van der Waals surface area contributed by atoms with Crippen molar-refractivity contribution in [1.29, 1.82) is 0 Å². The summed E-state index contributed by atoms with van der Waals surface area (Å²) in [5.74, 6) is -0.475. The lowest BCUT2D eigenvalue weighted by atomic mass is 9.93. The second-order valence-electron chi connectivity index (χ2n) is 6.29. The number of nitro groups is 1. The van der Waals surface area contributed by atoms with E-state index in [9.17, 15) is 14.9 Å². The smallest absolute Gasteiger partial charge is 0.282 e. The molecule has 23 heavy (non-hydrogen) atoms. The molecule has 0 saturated carbocycles. The number of aromatic nitrogens is 1. The molecule has 2 aromatic rings. The lowest BCUT2D eigenvalue weighted by Crippen LogP contribution is -2.27. The molecule has 0 unspecified atom stereocenters. The Morgan fingerprint density at radius 1 is 1.35 bits per heavy atom. The van der Waals surface area contributed by atoms with Gasteiger partial charge >= 0.3 is 0 Å². The standard InChI is InChI=1S/C16H19N3O3S/c1-10(15-18-13(9-23-15)16(2,3)4)17-14(20)11-7-5-6-8-12(11)19(21)22/h5-10H,1-4H3,(H,17,20)/t10-/m1/s1. The van der Waals surface area contributed by atoms with Crippen LogP contribution in [0.4, 0.5) is 5.69 Å². The van der Waals surface area contributed by atoms with E-state index in [1.807, 2.05) is 12.3 Å². The van der Waals surface area contributed by atoms with Crippen molar-refractivity contribution in [3.8, 4) is 0 Å². The summed E-state index contributed by atoms with van der Waals surface area (Å²) in [5.41, 5.74) is 0.754. The minimum atomic E-state index is -0.555. The van der Waals surface area contributed by atoms with Gasteiger partial charge in [-0.05, 0) is 13.0 Å². The molecule has 1 aromatic carbocycles. The van der Waals surface area contributed by atoms with Gasteiger partial charge in [-0.25, -0.2) is 4.98 Å². The lowest BCUT2D eigenvalue weighted by molar-refractivity contribution is -0.385. The largest absolute Gasteiger partial charge is 0.343 e. The van der Waals surface area contributed by atoms with Crippen molar-refractivity contribution in [2.24, 2.45) is 0 Å². The van der Waals surface area contributed by atoms with Crippen molar-refractivity contribution in [2.75, 3.05) is 0 Å². The number of hydrogen-bond acceptors (Lipinski definition) is 5. The maximum Gasteiger partial charge on any atom is 0.282 e. The molecule has 1 heterocycles. The van der Waals surface area contributed by atoms with E-state index in [2.05, 4.69) is 31.1 Å². The first-order chi connectivity index (χ1) is 10.7.